The molecular formula is C20H21ClN2O2. The molecule has 130 valence electrons. The zero-order valence-electron chi connectivity index (χ0n) is 14.4. The average Bonchev–Trinajstić information content (AvgIpc) is 2.92. The molecule has 1 saturated heterocycles. The van der Waals surface area contributed by atoms with Gasteiger partial charge in [0.25, 0.3) is 0 Å². The van der Waals surface area contributed by atoms with E-state index in [1.807, 2.05) is 44.2 Å². The smallest absolute Gasteiger partial charge is 0.229 e. The summed E-state index contributed by atoms with van der Waals surface area (Å²) < 4.78 is 0. The zero-order valence-corrected chi connectivity index (χ0v) is 15.1. The molecule has 1 atom stereocenters. The average molecular weight is 357 g/mol. The van der Waals surface area contributed by atoms with Gasteiger partial charge in [0.1, 0.15) is 0 Å². The predicted molar refractivity (Wildman–Crippen MR) is 100.0 cm³/mol. The second kappa shape index (κ2) is 7.28. The van der Waals surface area contributed by atoms with Crippen molar-refractivity contribution < 1.29 is 9.59 Å². The van der Waals surface area contributed by atoms with Crippen molar-refractivity contribution in [2.75, 3.05) is 11.4 Å². The van der Waals surface area contributed by atoms with Crippen LogP contribution in [0.1, 0.15) is 23.1 Å². The fraction of sp³-hybridized carbons (Fsp3) is 0.300. The fourth-order valence-corrected chi connectivity index (χ4v) is 3.14. The van der Waals surface area contributed by atoms with Crippen LogP contribution in [0.4, 0.5) is 5.69 Å². The van der Waals surface area contributed by atoms with Crippen LogP contribution in [0.25, 0.3) is 0 Å². The first kappa shape index (κ1) is 17.5. The molecule has 1 heterocycles. The van der Waals surface area contributed by atoms with E-state index in [0.717, 1.165) is 16.8 Å². The number of rotatable bonds is 4. The number of carbonyl (C=O) groups is 2. The van der Waals surface area contributed by atoms with Crippen molar-refractivity contribution in [2.45, 2.75) is 32.7 Å². The van der Waals surface area contributed by atoms with Crippen LogP contribution in [0, 0.1) is 13.8 Å². The molecule has 1 fully saturated rings. The van der Waals surface area contributed by atoms with Gasteiger partial charge in [0.15, 0.2) is 0 Å². The summed E-state index contributed by atoms with van der Waals surface area (Å²) in [5.74, 6) is -0.0397. The molecule has 0 spiro atoms. The van der Waals surface area contributed by atoms with Crippen molar-refractivity contribution in [1.82, 2.24) is 5.32 Å². The molecule has 1 N–H and O–H groups in total. The van der Waals surface area contributed by atoms with E-state index < -0.39 is 0 Å². The van der Waals surface area contributed by atoms with Gasteiger partial charge in [0.2, 0.25) is 11.8 Å². The van der Waals surface area contributed by atoms with Crippen LogP contribution in [0.5, 0.6) is 0 Å². The molecule has 1 unspecified atom stereocenters. The maximum Gasteiger partial charge on any atom is 0.229 e. The van der Waals surface area contributed by atoms with E-state index in [0.29, 0.717) is 18.0 Å². The van der Waals surface area contributed by atoms with Crippen LogP contribution in [0.2, 0.25) is 5.02 Å². The lowest BCUT2D eigenvalue weighted by molar-refractivity contribution is -0.121. The molecule has 2 amide bonds. The van der Waals surface area contributed by atoms with Gasteiger partial charge in [-0.05, 0) is 54.8 Å². The molecule has 2 aromatic rings. The van der Waals surface area contributed by atoms with Gasteiger partial charge in [-0.1, -0.05) is 29.8 Å². The number of aryl methyl sites for hydroxylation is 2. The number of nitrogens with one attached hydrogen (secondary N) is 1. The highest BCUT2D eigenvalue weighted by Gasteiger charge is 2.31. The Morgan fingerprint density at radius 1 is 1.16 bits per heavy atom. The summed E-state index contributed by atoms with van der Waals surface area (Å²) in [4.78, 5) is 26.3. The highest BCUT2D eigenvalue weighted by atomic mass is 35.5. The lowest BCUT2D eigenvalue weighted by atomic mass is 10.1. The SMILES string of the molecule is Cc1ccc(N2CC(NC(=O)Cc3ccc(Cl)cc3)CC2=O)cc1C. The van der Waals surface area contributed by atoms with Gasteiger partial charge < -0.3 is 10.2 Å². The molecule has 4 nitrogen and oxygen atoms in total. The highest BCUT2D eigenvalue weighted by Crippen LogP contribution is 2.24. The Morgan fingerprint density at radius 2 is 1.88 bits per heavy atom. The van der Waals surface area contributed by atoms with Crippen molar-refractivity contribution >= 4 is 29.1 Å². The monoisotopic (exact) mass is 356 g/mol. The van der Waals surface area contributed by atoms with Gasteiger partial charge in [0, 0.05) is 23.7 Å². The summed E-state index contributed by atoms with van der Waals surface area (Å²) in [7, 11) is 0. The minimum Gasteiger partial charge on any atom is -0.351 e. The minimum atomic E-state index is -0.158. The van der Waals surface area contributed by atoms with Crippen LogP contribution < -0.4 is 10.2 Å². The Labute approximate surface area is 152 Å². The Balaban J connectivity index is 1.61. The lowest BCUT2D eigenvalue weighted by Crippen LogP contribution is -2.38. The maximum absolute atomic E-state index is 12.3. The van der Waals surface area contributed by atoms with E-state index in [-0.39, 0.29) is 24.3 Å². The number of nitrogens with zero attached hydrogens (tertiary/aromatic N) is 1. The number of anilines is 1. The first-order chi connectivity index (χ1) is 11.9. The van der Waals surface area contributed by atoms with E-state index in [2.05, 4.69) is 5.32 Å². The highest BCUT2D eigenvalue weighted by molar-refractivity contribution is 6.30. The van der Waals surface area contributed by atoms with E-state index in [1.54, 1.807) is 17.0 Å². The summed E-state index contributed by atoms with van der Waals surface area (Å²) in [5, 5.41) is 3.61. The predicted octanol–water partition coefficient (Wildman–Crippen LogP) is 3.42. The Kier molecular flexibility index (Phi) is 5.09. The summed E-state index contributed by atoms with van der Waals surface area (Å²) in [6.07, 6.45) is 0.616. The van der Waals surface area contributed by atoms with Crippen molar-refractivity contribution in [1.29, 1.82) is 0 Å². The van der Waals surface area contributed by atoms with Gasteiger partial charge in [-0.15, -0.1) is 0 Å². The lowest BCUT2D eigenvalue weighted by Gasteiger charge is -2.18. The molecular weight excluding hydrogens is 336 g/mol. The van der Waals surface area contributed by atoms with E-state index in [1.165, 1.54) is 5.56 Å². The number of benzene rings is 2. The molecule has 0 saturated carbocycles. The molecule has 1 aliphatic heterocycles. The van der Waals surface area contributed by atoms with Gasteiger partial charge in [0.05, 0.1) is 12.5 Å². The standard InChI is InChI=1S/C20H21ClN2O2/c1-13-3-8-18(9-14(13)2)23-12-17(11-20(23)25)22-19(24)10-15-4-6-16(21)7-5-15/h3-9,17H,10-12H2,1-2H3,(H,22,24). The Bertz CT molecular complexity index is 802. The molecule has 0 aliphatic carbocycles. The van der Waals surface area contributed by atoms with E-state index in [4.69, 9.17) is 11.6 Å². The number of carbonyl (C=O) groups excluding carboxylic acids is 2. The summed E-state index contributed by atoms with van der Waals surface area (Å²) >= 11 is 5.85. The molecule has 3 rings (SSSR count). The normalized spacial score (nSPS) is 17.0. The fourth-order valence-electron chi connectivity index (χ4n) is 3.01. The molecule has 0 radical (unpaired) electrons. The van der Waals surface area contributed by atoms with E-state index >= 15 is 0 Å². The number of amides is 2. The Hall–Kier alpha value is -2.33. The number of halogens is 1. The summed E-state index contributed by atoms with van der Waals surface area (Å²) in [6.45, 7) is 4.59. The molecule has 2 aromatic carbocycles. The first-order valence-corrected chi connectivity index (χ1v) is 8.71. The quantitative estimate of drug-likeness (QED) is 0.912. The van der Waals surface area contributed by atoms with Crippen molar-refractivity contribution in [3.63, 3.8) is 0 Å². The van der Waals surface area contributed by atoms with Crippen molar-refractivity contribution in [3.05, 3.63) is 64.2 Å². The summed E-state index contributed by atoms with van der Waals surface area (Å²) in [6, 6.07) is 13.0. The number of hydrogen-bond donors (Lipinski definition) is 1. The third kappa shape index (κ3) is 4.20. The van der Waals surface area contributed by atoms with Crippen LogP contribution in [-0.2, 0) is 16.0 Å². The molecule has 1 aliphatic rings. The molecule has 0 bridgehead atoms. The van der Waals surface area contributed by atoms with Crippen LogP contribution in [0.15, 0.2) is 42.5 Å². The van der Waals surface area contributed by atoms with Crippen LogP contribution in [0.3, 0.4) is 0 Å². The van der Waals surface area contributed by atoms with Gasteiger partial charge in [-0.25, -0.2) is 0 Å². The molecule has 0 aromatic heterocycles. The molecule has 25 heavy (non-hydrogen) atoms. The van der Waals surface area contributed by atoms with E-state index in [9.17, 15) is 9.59 Å². The topological polar surface area (TPSA) is 49.4 Å². The van der Waals surface area contributed by atoms with Crippen molar-refractivity contribution in [2.24, 2.45) is 0 Å². The Morgan fingerprint density at radius 3 is 2.56 bits per heavy atom. The van der Waals surface area contributed by atoms with Crippen LogP contribution in [-0.4, -0.2) is 24.4 Å². The second-order valence-corrected chi connectivity index (χ2v) is 6.98. The van der Waals surface area contributed by atoms with Gasteiger partial charge >= 0.3 is 0 Å². The van der Waals surface area contributed by atoms with Crippen molar-refractivity contribution in [3.8, 4) is 0 Å². The zero-order chi connectivity index (χ0) is 18.0. The molecule has 5 heteroatoms. The first-order valence-electron chi connectivity index (χ1n) is 8.34. The van der Waals surface area contributed by atoms with Gasteiger partial charge in [-0.3, -0.25) is 9.59 Å². The third-order valence-electron chi connectivity index (χ3n) is 4.57. The minimum absolute atomic E-state index is 0.0417. The largest absolute Gasteiger partial charge is 0.351 e. The van der Waals surface area contributed by atoms with Gasteiger partial charge in [-0.2, -0.15) is 0 Å². The third-order valence-corrected chi connectivity index (χ3v) is 4.82. The van der Waals surface area contributed by atoms with Crippen LogP contribution >= 0.6 is 11.6 Å². The summed E-state index contributed by atoms with van der Waals surface area (Å²) in [5.41, 5.74) is 4.14. The second-order valence-electron chi connectivity index (χ2n) is 6.54. The maximum atomic E-state index is 12.3. The number of hydrogen-bond acceptors (Lipinski definition) is 2.